The predicted molar refractivity (Wildman–Crippen MR) is 257 cm³/mol. The van der Waals surface area contributed by atoms with Gasteiger partial charge in [-0.05, 0) is 200 Å². The second-order valence-electron chi connectivity index (χ2n) is 25.0. The fourth-order valence-electron chi connectivity index (χ4n) is 19.3. The molecule has 8 saturated carbocycles. The number of carbonyl (C=O) groups is 2. The Morgan fingerprint density at radius 2 is 1.05 bits per heavy atom. The lowest BCUT2D eigenvalue weighted by molar-refractivity contribution is -0.198. The summed E-state index contributed by atoms with van der Waals surface area (Å²) in [6.45, 7) is 24.4. The Morgan fingerprint density at radius 1 is 0.619 bits per heavy atom. The van der Waals surface area contributed by atoms with Crippen molar-refractivity contribution >= 4 is 11.9 Å². The van der Waals surface area contributed by atoms with Gasteiger partial charge in [-0.2, -0.15) is 0 Å². The lowest BCUT2D eigenvalue weighted by atomic mass is 9.41. The molecule has 8 rings (SSSR count). The zero-order valence-electron chi connectivity index (χ0n) is 41.8. The Labute approximate surface area is 387 Å². The quantitative estimate of drug-likeness (QED) is 0.177. The van der Waals surface area contributed by atoms with Crippen LogP contribution in [0, 0.1) is 116 Å². The molecule has 0 unspecified atom stereocenters. The first kappa shape index (κ1) is 51.0. The van der Waals surface area contributed by atoms with Crippen molar-refractivity contribution in [3.05, 3.63) is 12.2 Å². The molecule has 362 valence electrons. The highest BCUT2D eigenvalue weighted by molar-refractivity contribution is 5.81. The normalized spacial score (nSPS) is 49.5. The molecule has 8 aliphatic rings. The van der Waals surface area contributed by atoms with Crippen molar-refractivity contribution in [1.82, 2.24) is 0 Å². The van der Waals surface area contributed by atoms with Crippen molar-refractivity contribution in [2.75, 3.05) is 14.2 Å². The minimum atomic E-state index is -0.255. The maximum Gasteiger partial charge on any atom is 0.330 e. The smallest absolute Gasteiger partial charge is 0.330 e. The monoisotopic (exact) mass is 879 g/mol. The van der Waals surface area contributed by atoms with Gasteiger partial charge in [-0.1, -0.05) is 108 Å². The Hall–Kier alpha value is -1.40. The van der Waals surface area contributed by atoms with Gasteiger partial charge >= 0.3 is 11.9 Å². The molecule has 8 aliphatic carbocycles. The molecule has 6 heteroatoms. The molecule has 63 heavy (non-hydrogen) atoms. The van der Waals surface area contributed by atoms with Gasteiger partial charge in [-0.15, -0.1) is 0 Å². The van der Waals surface area contributed by atoms with Crippen LogP contribution in [0.3, 0.4) is 0 Å². The van der Waals surface area contributed by atoms with Gasteiger partial charge < -0.3 is 19.7 Å². The maximum absolute atomic E-state index is 11.8. The molecular weight excluding hydrogens is 781 g/mol. The summed E-state index contributed by atoms with van der Waals surface area (Å²) in [6, 6.07) is 0. The summed E-state index contributed by atoms with van der Waals surface area (Å²) in [6.07, 6.45) is 25.4. The third kappa shape index (κ3) is 8.71. The van der Waals surface area contributed by atoms with E-state index in [-0.39, 0.29) is 37.0 Å². The third-order valence-corrected chi connectivity index (χ3v) is 22.6. The van der Waals surface area contributed by atoms with E-state index in [1.807, 2.05) is 0 Å². The van der Waals surface area contributed by atoms with Crippen LogP contribution in [0.5, 0.6) is 0 Å². The van der Waals surface area contributed by atoms with Gasteiger partial charge in [0.2, 0.25) is 0 Å². The number of carbonyl (C=O) groups excluding carboxylic acids is 2. The van der Waals surface area contributed by atoms with Gasteiger partial charge in [-0.25, -0.2) is 4.79 Å². The zero-order chi connectivity index (χ0) is 45.1. The van der Waals surface area contributed by atoms with E-state index in [4.69, 9.17) is 9.47 Å². The molecule has 0 radical (unpaired) electrons. The van der Waals surface area contributed by atoms with Crippen LogP contribution in [-0.2, 0) is 19.1 Å². The van der Waals surface area contributed by atoms with Gasteiger partial charge in [-0.3, -0.25) is 4.79 Å². The lowest BCUT2D eigenvalue weighted by Gasteiger charge is -2.65. The number of aliphatic hydroxyl groups is 2. The van der Waals surface area contributed by atoms with Gasteiger partial charge in [0.1, 0.15) is 0 Å². The summed E-state index contributed by atoms with van der Waals surface area (Å²) < 4.78 is 9.71. The van der Waals surface area contributed by atoms with E-state index in [0.29, 0.717) is 106 Å². The number of fused-ring (bicyclic) bond motifs is 10. The molecule has 0 aromatic rings. The van der Waals surface area contributed by atoms with Crippen LogP contribution in [0.2, 0.25) is 0 Å². The number of rotatable bonds is 9. The fourth-order valence-corrected chi connectivity index (χ4v) is 19.3. The Balaban J connectivity index is 0.000000206. The lowest BCUT2D eigenvalue weighted by Crippen LogP contribution is -2.61. The van der Waals surface area contributed by atoms with E-state index < -0.39 is 0 Å². The van der Waals surface area contributed by atoms with Gasteiger partial charge in [0, 0.05) is 12.5 Å². The molecule has 0 saturated heterocycles. The average molecular weight is 879 g/mol. The van der Waals surface area contributed by atoms with E-state index in [1.165, 1.54) is 104 Å². The molecule has 0 aromatic carbocycles. The number of ether oxygens (including phenoxy) is 2. The highest BCUT2D eigenvalue weighted by atomic mass is 16.5. The van der Waals surface area contributed by atoms with Crippen LogP contribution in [-0.4, -0.2) is 48.6 Å². The molecular formula is C57H98O6. The van der Waals surface area contributed by atoms with Crippen molar-refractivity contribution in [2.24, 2.45) is 116 Å². The minimum Gasteiger partial charge on any atom is -0.469 e. The molecule has 0 amide bonds. The largest absolute Gasteiger partial charge is 0.469 e. The number of esters is 2. The molecule has 0 heterocycles. The molecule has 0 aliphatic heterocycles. The minimum absolute atomic E-state index is 0. The van der Waals surface area contributed by atoms with Crippen LogP contribution in [0.15, 0.2) is 12.2 Å². The van der Waals surface area contributed by atoms with E-state index in [9.17, 15) is 19.8 Å². The van der Waals surface area contributed by atoms with Crippen LogP contribution in [0.1, 0.15) is 192 Å². The molecule has 22 atom stereocenters. The van der Waals surface area contributed by atoms with E-state index in [0.717, 1.165) is 31.1 Å². The van der Waals surface area contributed by atoms with Gasteiger partial charge in [0.05, 0.1) is 26.4 Å². The maximum atomic E-state index is 11.8. The van der Waals surface area contributed by atoms with Crippen molar-refractivity contribution in [1.29, 1.82) is 0 Å². The summed E-state index contributed by atoms with van der Waals surface area (Å²) in [4.78, 5) is 23.4. The molecule has 8 fully saturated rings. The average Bonchev–Trinajstić information content (AvgIpc) is 3.80. The summed E-state index contributed by atoms with van der Waals surface area (Å²) >= 11 is 0. The summed E-state index contributed by atoms with van der Waals surface area (Å²) in [5.74, 6) is 9.41. The fraction of sp³-hybridized carbons (Fsp3) is 0.930. The summed E-state index contributed by atoms with van der Waals surface area (Å²) in [5, 5.41) is 23.7. The van der Waals surface area contributed by atoms with E-state index in [2.05, 4.69) is 75.3 Å². The second-order valence-corrected chi connectivity index (χ2v) is 25.0. The Bertz CT molecular complexity index is 1590. The number of methoxy groups -OCH3 is 2. The van der Waals surface area contributed by atoms with Crippen LogP contribution >= 0.6 is 0 Å². The van der Waals surface area contributed by atoms with Gasteiger partial charge in [0.15, 0.2) is 0 Å². The topological polar surface area (TPSA) is 93.1 Å². The Morgan fingerprint density at radius 3 is 1.49 bits per heavy atom. The molecule has 2 N–H and O–H groups in total. The molecule has 0 bridgehead atoms. The van der Waals surface area contributed by atoms with Crippen molar-refractivity contribution in [3.8, 4) is 0 Å². The van der Waals surface area contributed by atoms with E-state index in [1.54, 1.807) is 6.08 Å². The first-order chi connectivity index (χ1) is 29.3. The number of aliphatic hydroxyl groups excluding tert-OH is 2. The van der Waals surface area contributed by atoms with Gasteiger partial charge in [0.25, 0.3) is 0 Å². The number of allylic oxidation sites excluding steroid dienone is 1. The molecule has 0 spiro atoms. The molecule has 0 aromatic heterocycles. The predicted octanol–water partition coefficient (Wildman–Crippen LogP) is 13.4. The third-order valence-electron chi connectivity index (χ3n) is 22.6. The van der Waals surface area contributed by atoms with Crippen molar-refractivity contribution < 1.29 is 29.3 Å². The highest BCUT2D eigenvalue weighted by Gasteiger charge is 2.66. The number of hydrogen-bond acceptors (Lipinski definition) is 6. The number of hydrogen-bond donors (Lipinski definition) is 2. The van der Waals surface area contributed by atoms with Crippen LogP contribution < -0.4 is 0 Å². The highest BCUT2D eigenvalue weighted by Crippen LogP contribution is 2.71. The summed E-state index contributed by atoms with van der Waals surface area (Å²) in [7, 11) is 2.94. The molecule has 6 nitrogen and oxygen atoms in total. The standard InChI is InChI=1S/C28H48O3.C28H46O3.CH4/c2*1-7-19-23-16-17(2)12-14-28(23,5)22-13-15-27(4)20(18(3)8-11-24(29)31-6)9-10-21(27)25(22)26(19)30;/h17-23,25-26,30H,7-16H2,1-6H3;8,11,17-23,25-26,30H,7,9-10,12-16H2,1-6H3;1H4/b;11-8+;/t2*17-,18-,19-,20-,21+,22+,23+,25+,26-,27-,28-;/m11./s1. The first-order valence-corrected chi connectivity index (χ1v) is 26.5. The Kier molecular flexibility index (Phi) is 15.9. The van der Waals surface area contributed by atoms with Crippen LogP contribution in [0.25, 0.3) is 0 Å². The second kappa shape index (κ2) is 19.7. The van der Waals surface area contributed by atoms with E-state index >= 15 is 0 Å². The first-order valence-electron chi connectivity index (χ1n) is 26.5. The SMILES string of the molecule is C.CC[C@H]1[C@@H](O)[C@@H]2[C@H](CC[C@]3(C)[C@@H]([C@H](C)/C=C/C(=O)OC)CC[C@@H]23)[C@@]2(C)CC[C@@H](C)C[C@@H]12.CC[C@H]1[C@@H](O)[C@@H]2[C@H](CC[C@]3(C)[C@@H]([C@H](C)CCC(=O)OC)CC[C@@H]23)[C@@]2(C)CC[C@@H](C)C[C@@H]12. The van der Waals surface area contributed by atoms with Crippen molar-refractivity contribution in [3.63, 3.8) is 0 Å². The summed E-state index contributed by atoms with van der Waals surface area (Å²) in [5.41, 5.74) is 1.42. The zero-order valence-corrected chi connectivity index (χ0v) is 41.8. The van der Waals surface area contributed by atoms with Crippen LogP contribution in [0.4, 0.5) is 0 Å². The van der Waals surface area contributed by atoms with Crippen molar-refractivity contribution in [2.45, 2.75) is 204 Å².